The molecule has 0 radical (unpaired) electrons. The van der Waals surface area contributed by atoms with Gasteiger partial charge in [-0.05, 0) is 68.3 Å². The summed E-state index contributed by atoms with van der Waals surface area (Å²) in [7, 11) is 0. The van der Waals surface area contributed by atoms with Gasteiger partial charge in [-0.2, -0.15) is 0 Å². The van der Waals surface area contributed by atoms with Crippen LogP contribution in [-0.4, -0.2) is 36.1 Å². The summed E-state index contributed by atoms with van der Waals surface area (Å²) >= 11 is 3.59. The van der Waals surface area contributed by atoms with E-state index in [1.54, 1.807) is 11.1 Å². The summed E-state index contributed by atoms with van der Waals surface area (Å²) in [5, 5.41) is 3.99. The number of rotatable bonds is 2. The van der Waals surface area contributed by atoms with Crippen molar-refractivity contribution < 1.29 is 0 Å². The Labute approximate surface area is 130 Å². The Morgan fingerprint density at radius 3 is 3.00 bits per heavy atom. The summed E-state index contributed by atoms with van der Waals surface area (Å²) < 4.78 is 1.22. The molecule has 2 saturated heterocycles. The van der Waals surface area contributed by atoms with Crippen LogP contribution in [0, 0.1) is 0 Å². The molecule has 3 heteroatoms. The van der Waals surface area contributed by atoms with E-state index in [9.17, 15) is 0 Å². The molecule has 0 amide bonds. The van der Waals surface area contributed by atoms with Crippen LogP contribution in [0.3, 0.4) is 0 Å². The van der Waals surface area contributed by atoms with Crippen LogP contribution in [-0.2, 0) is 12.8 Å². The Bertz CT molecular complexity index is 502. The summed E-state index contributed by atoms with van der Waals surface area (Å²) in [6.45, 7) is 2.66. The van der Waals surface area contributed by atoms with Crippen molar-refractivity contribution in [2.45, 2.75) is 56.7 Å². The molecule has 2 aliphatic heterocycles. The first-order valence-electron chi connectivity index (χ1n) is 8.07. The quantitative estimate of drug-likeness (QED) is 0.893. The van der Waals surface area contributed by atoms with Gasteiger partial charge in [0.2, 0.25) is 0 Å². The largest absolute Gasteiger partial charge is 0.309 e. The number of nitrogens with zero attached hydrogens (tertiary/aromatic N) is 1. The van der Waals surface area contributed by atoms with Gasteiger partial charge in [0, 0.05) is 29.1 Å². The van der Waals surface area contributed by atoms with Gasteiger partial charge in [0.05, 0.1) is 0 Å². The number of aryl methyl sites for hydroxylation is 1. The molecule has 3 unspecified atom stereocenters. The maximum Gasteiger partial charge on any atom is 0.0250 e. The number of halogens is 1. The Hall–Kier alpha value is -0.380. The summed E-state index contributed by atoms with van der Waals surface area (Å²) in [5.41, 5.74) is 3.10. The Balaban J connectivity index is 1.42. The van der Waals surface area contributed by atoms with Gasteiger partial charge in [-0.25, -0.2) is 0 Å². The number of hydrogen-bond acceptors (Lipinski definition) is 2. The van der Waals surface area contributed by atoms with E-state index in [1.807, 2.05) is 0 Å². The van der Waals surface area contributed by atoms with Crippen LogP contribution >= 0.6 is 15.9 Å². The van der Waals surface area contributed by atoms with E-state index < -0.39 is 0 Å². The van der Waals surface area contributed by atoms with E-state index in [-0.39, 0.29) is 0 Å². The zero-order chi connectivity index (χ0) is 13.5. The molecule has 0 spiro atoms. The van der Waals surface area contributed by atoms with Gasteiger partial charge in [0.25, 0.3) is 0 Å². The number of benzene rings is 1. The van der Waals surface area contributed by atoms with Gasteiger partial charge in [-0.1, -0.05) is 22.0 Å². The van der Waals surface area contributed by atoms with Crippen molar-refractivity contribution in [3.05, 3.63) is 33.8 Å². The van der Waals surface area contributed by atoms with Gasteiger partial charge < -0.3 is 5.32 Å². The van der Waals surface area contributed by atoms with Crippen LogP contribution in [0.15, 0.2) is 22.7 Å². The lowest BCUT2D eigenvalue weighted by Crippen LogP contribution is -2.46. The fourth-order valence-corrected chi connectivity index (χ4v) is 4.85. The van der Waals surface area contributed by atoms with Crippen molar-refractivity contribution in [1.29, 1.82) is 0 Å². The van der Waals surface area contributed by atoms with Gasteiger partial charge in [0.15, 0.2) is 0 Å². The van der Waals surface area contributed by atoms with Crippen LogP contribution < -0.4 is 5.32 Å². The van der Waals surface area contributed by atoms with Crippen molar-refractivity contribution >= 4 is 15.9 Å². The first-order valence-corrected chi connectivity index (χ1v) is 8.86. The monoisotopic (exact) mass is 334 g/mol. The van der Waals surface area contributed by atoms with Gasteiger partial charge in [-0.3, -0.25) is 4.90 Å². The van der Waals surface area contributed by atoms with Crippen LogP contribution in [0.25, 0.3) is 0 Å². The molecule has 1 aliphatic carbocycles. The molecule has 0 saturated carbocycles. The third-order valence-corrected chi connectivity index (χ3v) is 5.95. The number of nitrogens with one attached hydrogen (secondary N) is 1. The van der Waals surface area contributed by atoms with Crippen LogP contribution in [0.5, 0.6) is 0 Å². The molecule has 2 heterocycles. The highest BCUT2D eigenvalue weighted by Gasteiger charge is 2.38. The first kappa shape index (κ1) is 13.3. The second-order valence-electron chi connectivity index (χ2n) is 6.66. The fourth-order valence-electron chi connectivity index (χ4n) is 4.45. The highest BCUT2D eigenvalue weighted by Crippen LogP contribution is 2.30. The van der Waals surface area contributed by atoms with Crippen molar-refractivity contribution in [2.75, 3.05) is 13.1 Å². The summed E-state index contributed by atoms with van der Waals surface area (Å²) in [6, 6.07) is 9.08. The highest BCUT2D eigenvalue weighted by atomic mass is 79.9. The lowest BCUT2D eigenvalue weighted by molar-refractivity contribution is 0.283. The smallest absolute Gasteiger partial charge is 0.0250 e. The minimum atomic E-state index is 0.689. The first-order chi connectivity index (χ1) is 9.79. The SMILES string of the molecule is Brc1ccc2c(c1)CCC(NC1CCN3CCCC13)C2. The second-order valence-corrected chi connectivity index (χ2v) is 7.58. The molecule has 108 valence electrons. The predicted octanol–water partition coefficient (Wildman–Crippen LogP) is 3.13. The number of fused-ring (bicyclic) bond motifs is 2. The van der Waals surface area contributed by atoms with E-state index in [4.69, 9.17) is 0 Å². The van der Waals surface area contributed by atoms with E-state index in [0.29, 0.717) is 6.04 Å². The lowest BCUT2D eigenvalue weighted by atomic mass is 9.87. The van der Waals surface area contributed by atoms with Crippen LogP contribution in [0.4, 0.5) is 0 Å². The standard InChI is InChI=1S/C17H23BrN2/c18-14-5-3-13-11-15(6-4-12(13)10-14)19-16-7-9-20-8-1-2-17(16)20/h3,5,10,15-17,19H,1-2,4,6-9,11H2. The summed E-state index contributed by atoms with van der Waals surface area (Å²) in [6.07, 6.45) is 7.92. The molecule has 1 N–H and O–H groups in total. The third kappa shape index (κ3) is 2.44. The highest BCUT2D eigenvalue weighted by molar-refractivity contribution is 9.10. The summed E-state index contributed by atoms with van der Waals surface area (Å²) in [4.78, 5) is 2.70. The molecule has 1 aromatic carbocycles. The molecule has 3 atom stereocenters. The second kappa shape index (κ2) is 5.43. The Morgan fingerprint density at radius 1 is 1.10 bits per heavy atom. The topological polar surface area (TPSA) is 15.3 Å². The normalized spacial score (nSPS) is 33.1. The molecule has 4 rings (SSSR count). The third-order valence-electron chi connectivity index (χ3n) is 5.45. The maximum atomic E-state index is 3.99. The zero-order valence-electron chi connectivity index (χ0n) is 11.9. The van der Waals surface area contributed by atoms with E-state index in [1.165, 1.54) is 56.1 Å². The van der Waals surface area contributed by atoms with Crippen LogP contribution in [0.1, 0.15) is 36.8 Å². The van der Waals surface area contributed by atoms with Gasteiger partial charge in [-0.15, -0.1) is 0 Å². The number of hydrogen-bond donors (Lipinski definition) is 1. The molecule has 20 heavy (non-hydrogen) atoms. The van der Waals surface area contributed by atoms with Gasteiger partial charge in [0.1, 0.15) is 0 Å². The van der Waals surface area contributed by atoms with Crippen molar-refractivity contribution in [3.63, 3.8) is 0 Å². The van der Waals surface area contributed by atoms with E-state index >= 15 is 0 Å². The van der Waals surface area contributed by atoms with E-state index in [2.05, 4.69) is 44.3 Å². The van der Waals surface area contributed by atoms with Crippen molar-refractivity contribution in [3.8, 4) is 0 Å². The molecule has 0 bridgehead atoms. The lowest BCUT2D eigenvalue weighted by Gasteiger charge is -2.31. The Morgan fingerprint density at radius 2 is 2.05 bits per heavy atom. The van der Waals surface area contributed by atoms with E-state index in [0.717, 1.165) is 12.1 Å². The average Bonchev–Trinajstić information content (AvgIpc) is 3.04. The molecule has 2 fully saturated rings. The van der Waals surface area contributed by atoms with Crippen molar-refractivity contribution in [2.24, 2.45) is 0 Å². The molecule has 0 aromatic heterocycles. The molecule has 2 nitrogen and oxygen atoms in total. The fraction of sp³-hybridized carbons (Fsp3) is 0.647. The molecule has 1 aromatic rings. The molecular formula is C17H23BrN2. The average molecular weight is 335 g/mol. The minimum absolute atomic E-state index is 0.689. The van der Waals surface area contributed by atoms with Crippen molar-refractivity contribution in [1.82, 2.24) is 10.2 Å². The molecule has 3 aliphatic rings. The van der Waals surface area contributed by atoms with Gasteiger partial charge >= 0.3 is 0 Å². The maximum absolute atomic E-state index is 3.99. The Kier molecular flexibility index (Phi) is 3.61. The van der Waals surface area contributed by atoms with Crippen LogP contribution in [0.2, 0.25) is 0 Å². The zero-order valence-corrected chi connectivity index (χ0v) is 13.5. The molecular weight excluding hydrogens is 312 g/mol. The minimum Gasteiger partial charge on any atom is -0.309 e. The summed E-state index contributed by atoms with van der Waals surface area (Å²) in [5.74, 6) is 0. The predicted molar refractivity (Wildman–Crippen MR) is 86.1 cm³/mol.